The van der Waals surface area contributed by atoms with Crippen LogP contribution in [0.25, 0.3) is 0 Å². The van der Waals surface area contributed by atoms with Crippen molar-refractivity contribution in [1.82, 2.24) is 20.0 Å². The molecule has 1 fully saturated rings. The number of aryl methyl sites for hydroxylation is 1. The molecule has 20 heavy (non-hydrogen) atoms. The molecule has 0 spiro atoms. The van der Waals surface area contributed by atoms with Crippen LogP contribution in [0, 0.1) is 0 Å². The molecule has 114 valence electrons. The van der Waals surface area contributed by atoms with E-state index in [-0.39, 0.29) is 0 Å². The smallest absolute Gasteiger partial charge is 0.0492 e. The molecule has 1 heterocycles. The van der Waals surface area contributed by atoms with Gasteiger partial charge in [0.05, 0.1) is 0 Å². The van der Waals surface area contributed by atoms with Crippen LogP contribution in [0.2, 0.25) is 0 Å². The summed E-state index contributed by atoms with van der Waals surface area (Å²) in [4.78, 5) is 2.54. The Hall–Kier alpha value is -0.870. The van der Waals surface area contributed by atoms with Gasteiger partial charge >= 0.3 is 0 Å². The third-order valence-electron chi connectivity index (χ3n) is 4.65. The first kappa shape index (κ1) is 15.5. The van der Waals surface area contributed by atoms with Gasteiger partial charge in [-0.25, -0.2) is 0 Å². The maximum absolute atomic E-state index is 4.24. The molecule has 0 bridgehead atoms. The average molecular weight is 278 g/mol. The molecule has 0 atom stereocenters. The molecule has 2 rings (SSSR count). The first-order chi connectivity index (χ1) is 9.70. The summed E-state index contributed by atoms with van der Waals surface area (Å²) in [6.45, 7) is 4.55. The van der Waals surface area contributed by atoms with Gasteiger partial charge in [-0.15, -0.1) is 0 Å². The third-order valence-corrected chi connectivity index (χ3v) is 4.65. The van der Waals surface area contributed by atoms with Crippen LogP contribution in [0.15, 0.2) is 12.3 Å². The second-order valence-corrected chi connectivity index (χ2v) is 6.14. The van der Waals surface area contributed by atoms with E-state index in [1.165, 1.54) is 44.3 Å². The van der Waals surface area contributed by atoms with Crippen LogP contribution in [0.3, 0.4) is 0 Å². The summed E-state index contributed by atoms with van der Waals surface area (Å²) in [5.41, 5.74) is 1.33. The van der Waals surface area contributed by atoms with Crippen molar-refractivity contribution in [1.29, 1.82) is 0 Å². The Morgan fingerprint density at radius 2 is 2.10 bits per heavy atom. The minimum atomic E-state index is 0.761. The minimum Gasteiger partial charge on any atom is -0.314 e. The summed E-state index contributed by atoms with van der Waals surface area (Å²) in [6.07, 6.45) is 9.57. The molecule has 1 aliphatic carbocycles. The van der Waals surface area contributed by atoms with Crippen LogP contribution in [0.5, 0.6) is 0 Å². The standard InChI is InChI=1S/C16H30N4/c1-4-11-17-14-5-7-15(8-6-14)19(2)13-10-16-9-12-18-20(16)3/h9,12,14-15,17H,4-8,10-11,13H2,1-3H3. The van der Waals surface area contributed by atoms with E-state index in [1.54, 1.807) is 0 Å². The number of hydrogen-bond donors (Lipinski definition) is 1. The second-order valence-electron chi connectivity index (χ2n) is 6.14. The Morgan fingerprint density at radius 1 is 1.35 bits per heavy atom. The Labute approximate surface area is 123 Å². The van der Waals surface area contributed by atoms with Gasteiger partial charge in [-0.3, -0.25) is 4.68 Å². The Balaban J connectivity index is 1.69. The van der Waals surface area contributed by atoms with Gasteiger partial charge in [0.25, 0.3) is 0 Å². The van der Waals surface area contributed by atoms with Crippen LogP contribution in [-0.2, 0) is 13.5 Å². The van der Waals surface area contributed by atoms with Crippen molar-refractivity contribution >= 4 is 0 Å². The van der Waals surface area contributed by atoms with Gasteiger partial charge in [0.1, 0.15) is 0 Å². The van der Waals surface area contributed by atoms with E-state index >= 15 is 0 Å². The first-order valence-electron chi connectivity index (χ1n) is 8.11. The fourth-order valence-corrected chi connectivity index (χ4v) is 3.19. The van der Waals surface area contributed by atoms with Crippen molar-refractivity contribution in [2.75, 3.05) is 20.1 Å². The first-order valence-corrected chi connectivity index (χ1v) is 8.11. The normalized spacial score (nSPS) is 23.4. The highest BCUT2D eigenvalue weighted by Gasteiger charge is 2.23. The number of likely N-dealkylation sites (N-methyl/N-ethyl adjacent to an activating group) is 1. The van der Waals surface area contributed by atoms with Gasteiger partial charge in [-0.2, -0.15) is 5.10 Å². The molecule has 0 aliphatic heterocycles. The van der Waals surface area contributed by atoms with Gasteiger partial charge in [0, 0.05) is 44.0 Å². The topological polar surface area (TPSA) is 33.1 Å². The molecule has 1 saturated carbocycles. The molecule has 0 saturated heterocycles. The van der Waals surface area contributed by atoms with Crippen LogP contribution in [-0.4, -0.2) is 46.9 Å². The monoisotopic (exact) mass is 278 g/mol. The summed E-state index contributed by atoms with van der Waals surface area (Å²) in [6, 6.07) is 3.65. The molecule has 1 aromatic rings. The summed E-state index contributed by atoms with van der Waals surface area (Å²) in [5, 5.41) is 7.90. The predicted molar refractivity (Wildman–Crippen MR) is 83.9 cm³/mol. The zero-order chi connectivity index (χ0) is 14.4. The summed E-state index contributed by atoms with van der Waals surface area (Å²) >= 11 is 0. The maximum Gasteiger partial charge on any atom is 0.0492 e. The Morgan fingerprint density at radius 3 is 2.70 bits per heavy atom. The van der Waals surface area contributed by atoms with E-state index in [0.29, 0.717) is 0 Å². The fraction of sp³-hybridized carbons (Fsp3) is 0.812. The number of nitrogens with zero attached hydrogens (tertiary/aromatic N) is 3. The van der Waals surface area contributed by atoms with Gasteiger partial charge in [0.15, 0.2) is 0 Å². The number of aromatic nitrogens is 2. The quantitative estimate of drug-likeness (QED) is 0.830. The zero-order valence-electron chi connectivity index (χ0n) is 13.3. The lowest BCUT2D eigenvalue weighted by atomic mass is 9.90. The molecule has 0 aromatic carbocycles. The summed E-state index contributed by atoms with van der Waals surface area (Å²) in [7, 11) is 4.31. The molecule has 0 unspecified atom stereocenters. The minimum absolute atomic E-state index is 0.761. The van der Waals surface area contributed by atoms with E-state index in [9.17, 15) is 0 Å². The Kier molecular flexibility index (Phi) is 6.05. The van der Waals surface area contributed by atoms with Gasteiger partial charge in [-0.1, -0.05) is 6.92 Å². The number of nitrogens with one attached hydrogen (secondary N) is 1. The van der Waals surface area contributed by atoms with Gasteiger partial charge in [0.2, 0.25) is 0 Å². The molecular formula is C16H30N4. The SMILES string of the molecule is CCCNC1CCC(N(C)CCc2ccnn2C)CC1. The molecular weight excluding hydrogens is 248 g/mol. The molecule has 4 heteroatoms. The maximum atomic E-state index is 4.24. The molecule has 1 N–H and O–H groups in total. The number of hydrogen-bond acceptors (Lipinski definition) is 3. The lowest BCUT2D eigenvalue weighted by Crippen LogP contribution is -2.41. The Bertz CT molecular complexity index is 380. The van der Waals surface area contributed by atoms with Crippen LogP contribution in [0.4, 0.5) is 0 Å². The molecule has 1 aromatic heterocycles. The largest absolute Gasteiger partial charge is 0.314 e. The van der Waals surface area contributed by atoms with Crippen molar-refractivity contribution in [3.8, 4) is 0 Å². The molecule has 0 radical (unpaired) electrons. The molecule has 4 nitrogen and oxygen atoms in total. The molecule has 1 aliphatic rings. The van der Waals surface area contributed by atoms with Gasteiger partial charge < -0.3 is 10.2 Å². The van der Waals surface area contributed by atoms with Gasteiger partial charge in [-0.05, 0) is 51.8 Å². The third kappa shape index (κ3) is 4.32. The van der Waals surface area contributed by atoms with Crippen LogP contribution < -0.4 is 5.32 Å². The molecule has 0 amide bonds. The highest BCUT2D eigenvalue weighted by molar-refractivity contribution is 5.00. The fourth-order valence-electron chi connectivity index (χ4n) is 3.19. The lowest BCUT2D eigenvalue weighted by molar-refractivity contribution is 0.175. The lowest BCUT2D eigenvalue weighted by Gasteiger charge is -2.35. The van der Waals surface area contributed by atoms with Crippen LogP contribution >= 0.6 is 0 Å². The van der Waals surface area contributed by atoms with Crippen molar-refractivity contribution in [3.63, 3.8) is 0 Å². The zero-order valence-corrected chi connectivity index (χ0v) is 13.3. The van der Waals surface area contributed by atoms with E-state index in [4.69, 9.17) is 0 Å². The second kappa shape index (κ2) is 7.79. The predicted octanol–water partition coefficient (Wildman–Crippen LogP) is 2.21. The average Bonchev–Trinajstić information content (AvgIpc) is 2.88. The van der Waals surface area contributed by atoms with E-state index in [1.807, 2.05) is 17.9 Å². The number of rotatable bonds is 7. The highest BCUT2D eigenvalue weighted by atomic mass is 15.3. The van der Waals surface area contributed by atoms with E-state index in [2.05, 4.69) is 35.4 Å². The van der Waals surface area contributed by atoms with E-state index in [0.717, 1.165) is 25.0 Å². The van der Waals surface area contributed by atoms with Crippen molar-refractivity contribution in [2.45, 2.75) is 57.5 Å². The summed E-state index contributed by atoms with van der Waals surface area (Å²) in [5.74, 6) is 0. The van der Waals surface area contributed by atoms with Crippen molar-refractivity contribution in [3.05, 3.63) is 18.0 Å². The van der Waals surface area contributed by atoms with Crippen molar-refractivity contribution < 1.29 is 0 Å². The summed E-state index contributed by atoms with van der Waals surface area (Å²) < 4.78 is 1.99. The van der Waals surface area contributed by atoms with E-state index < -0.39 is 0 Å². The highest BCUT2D eigenvalue weighted by Crippen LogP contribution is 2.22. The van der Waals surface area contributed by atoms with Crippen LogP contribution in [0.1, 0.15) is 44.7 Å². The van der Waals surface area contributed by atoms with Crippen molar-refractivity contribution in [2.24, 2.45) is 7.05 Å².